The van der Waals surface area contributed by atoms with E-state index in [0.717, 1.165) is 23.1 Å². The smallest absolute Gasteiger partial charge is 0.341 e. The second-order valence-corrected chi connectivity index (χ2v) is 9.59. The van der Waals surface area contributed by atoms with Crippen molar-refractivity contribution in [3.63, 3.8) is 0 Å². The molecule has 0 atom stereocenters. The number of aryl methyl sites for hydroxylation is 1. The number of ether oxygens (including phenoxy) is 2. The molecule has 0 radical (unpaired) electrons. The van der Waals surface area contributed by atoms with Gasteiger partial charge >= 0.3 is 5.97 Å². The molecule has 3 rings (SSSR count). The number of thiophene rings is 1. The van der Waals surface area contributed by atoms with Crippen LogP contribution in [0, 0.1) is 0 Å². The van der Waals surface area contributed by atoms with Crippen molar-refractivity contribution in [3.8, 4) is 16.9 Å². The zero-order valence-corrected chi connectivity index (χ0v) is 20.7. The largest absolute Gasteiger partial charge is 0.483 e. The van der Waals surface area contributed by atoms with Crippen molar-refractivity contribution in [2.24, 2.45) is 0 Å². The van der Waals surface area contributed by atoms with Crippen molar-refractivity contribution in [1.29, 1.82) is 0 Å². The lowest BCUT2D eigenvalue weighted by Crippen LogP contribution is -2.22. The molecule has 1 heterocycles. The lowest BCUT2D eigenvalue weighted by molar-refractivity contribution is -0.118. The molecule has 0 spiro atoms. The standard InChI is InChI=1S/C27H31NO4S/c1-6-18-12-14-19(15-13-18)20-17-33-25(24(20)26(30)31-7-2)28-23(29)16-32-22-11-9-8-10-21(22)27(3,4)5/h8-15,17H,6-7,16H2,1-5H3,(H,28,29). The SMILES string of the molecule is CCOC(=O)c1c(-c2ccc(CC)cc2)csc1NC(=O)COc1ccccc1C(C)(C)C. The summed E-state index contributed by atoms with van der Waals surface area (Å²) in [5, 5.41) is 5.18. The zero-order chi connectivity index (χ0) is 24.0. The van der Waals surface area contributed by atoms with Gasteiger partial charge in [-0.15, -0.1) is 11.3 Å². The quantitative estimate of drug-likeness (QED) is 0.387. The number of amides is 1. The third kappa shape index (κ3) is 6.02. The molecule has 5 nitrogen and oxygen atoms in total. The van der Waals surface area contributed by atoms with Crippen molar-refractivity contribution in [3.05, 3.63) is 70.6 Å². The van der Waals surface area contributed by atoms with E-state index in [1.54, 1.807) is 6.92 Å². The molecule has 0 bridgehead atoms. The number of carbonyl (C=O) groups excluding carboxylic acids is 2. The third-order valence-corrected chi connectivity index (χ3v) is 6.15. The fraction of sp³-hybridized carbons (Fsp3) is 0.333. The summed E-state index contributed by atoms with van der Waals surface area (Å²) in [6.07, 6.45) is 0.939. The van der Waals surface area contributed by atoms with Gasteiger partial charge in [-0.05, 0) is 41.5 Å². The molecule has 33 heavy (non-hydrogen) atoms. The van der Waals surface area contributed by atoms with E-state index >= 15 is 0 Å². The van der Waals surface area contributed by atoms with Crippen LogP contribution in [0.3, 0.4) is 0 Å². The number of anilines is 1. The average molecular weight is 466 g/mol. The summed E-state index contributed by atoms with van der Waals surface area (Å²) in [6, 6.07) is 15.8. The molecule has 0 unspecified atom stereocenters. The van der Waals surface area contributed by atoms with Gasteiger partial charge in [-0.3, -0.25) is 4.79 Å². The van der Waals surface area contributed by atoms with Gasteiger partial charge in [0.15, 0.2) is 6.61 Å². The molecule has 174 valence electrons. The number of para-hydroxylation sites is 1. The van der Waals surface area contributed by atoms with Crippen LogP contribution in [0.1, 0.15) is 56.1 Å². The molecule has 1 amide bonds. The molecular formula is C27H31NO4S. The third-order valence-electron chi connectivity index (χ3n) is 5.25. The van der Waals surface area contributed by atoms with Gasteiger partial charge in [0, 0.05) is 10.9 Å². The summed E-state index contributed by atoms with van der Waals surface area (Å²) in [4.78, 5) is 25.5. The Kier molecular flexibility index (Phi) is 7.92. The minimum atomic E-state index is -0.456. The van der Waals surface area contributed by atoms with Crippen LogP contribution in [0.2, 0.25) is 0 Å². The number of carbonyl (C=O) groups is 2. The highest BCUT2D eigenvalue weighted by Gasteiger charge is 2.23. The van der Waals surface area contributed by atoms with Crippen molar-refractivity contribution < 1.29 is 19.1 Å². The summed E-state index contributed by atoms with van der Waals surface area (Å²) in [5.41, 5.74) is 4.15. The van der Waals surface area contributed by atoms with Gasteiger partial charge in [-0.1, -0.05) is 70.2 Å². The Hall–Kier alpha value is -3.12. The number of hydrogen-bond acceptors (Lipinski definition) is 5. The molecule has 2 aromatic carbocycles. The molecule has 0 aliphatic heterocycles. The van der Waals surface area contributed by atoms with E-state index in [0.29, 0.717) is 16.3 Å². The lowest BCUT2D eigenvalue weighted by Gasteiger charge is -2.22. The van der Waals surface area contributed by atoms with Crippen molar-refractivity contribution in [2.45, 2.75) is 46.5 Å². The first-order chi connectivity index (χ1) is 15.7. The summed E-state index contributed by atoms with van der Waals surface area (Å²) in [5.74, 6) is -0.116. The molecule has 3 aromatic rings. The van der Waals surface area contributed by atoms with Crippen LogP contribution >= 0.6 is 11.3 Å². The first-order valence-electron chi connectivity index (χ1n) is 11.1. The fourth-order valence-electron chi connectivity index (χ4n) is 3.51. The molecule has 0 saturated heterocycles. The van der Waals surface area contributed by atoms with Crippen molar-refractivity contribution in [1.82, 2.24) is 0 Å². The Bertz CT molecular complexity index is 1110. The number of hydrogen-bond donors (Lipinski definition) is 1. The van der Waals surface area contributed by atoms with E-state index in [9.17, 15) is 9.59 Å². The van der Waals surface area contributed by atoms with Gasteiger partial charge in [-0.25, -0.2) is 4.79 Å². The highest BCUT2D eigenvalue weighted by atomic mass is 32.1. The molecule has 0 aliphatic rings. The van der Waals surface area contributed by atoms with Gasteiger partial charge in [0.1, 0.15) is 16.3 Å². The van der Waals surface area contributed by atoms with E-state index in [2.05, 4.69) is 33.0 Å². The van der Waals surface area contributed by atoms with E-state index in [4.69, 9.17) is 9.47 Å². The molecule has 1 N–H and O–H groups in total. The number of rotatable bonds is 8. The minimum Gasteiger partial charge on any atom is -0.483 e. The van der Waals surface area contributed by atoms with Crippen LogP contribution in [0.4, 0.5) is 5.00 Å². The predicted molar refractivity (Wildman–Crippen MR) is 134 cm³/mol. The second-order valence-electron chi connectivity index (χ2n) is 8.71. The first-order valence-corrected chi connectivity index (χ1v) is 12.0. The predicted octanol–water partition coefficient (Wildman–Crippen LogP) is 6.47. The maximum Gasteiger partial charge on any atom is 0.341 e. The molecule has 1 aromatic heterocycles. The molecule has 0 aliphatic carbocycles. The van der Waals surface area contributed by atoms with Crippen LogP contribution in [0.5, 0.6) is 5.75 Å². The van der Waals surface area contributed by atoms with Gasteiger partial charge in [-0.2, -0.15) is 0 Å². The lowest BCUT2D eigenvalue weighted by atomic mass is 9.86. The Balaban J connectivity index is 1.81. The van der Waals surface area contributed by atoms with E-state index in [1.807, 2.05) is 53.9 Å². The van der Waals surface area contributed by atoms with Crippen LogP contribution in [0.25, 0.3) is 11.1 Å². The fourth-order valence-corrected chi connectivity index (χ4v) is 4.48. The molecule has 6 heteroatoms. The topological polar surface area (TPSA) is 64.6 Å². The van der Waals surface area contributed by atoms with Gasteiger partial charge in [0.2, 0.25) is 0 Å². The van der Waals surface area contributed by atoms with Crippen molar-refractivity contribution in [2.75, 3.05) is 18.5 Å². The van der Waals surface area contributed by atoms with Gasteiger partial charge in [0.05, 0.1) is 6.61 Å². The highest BCUT2D eigenvalue weighted by molar-refractivity contribution is 7.15. The Morgan fingerprint density at radius 3 is 2.33 bits per heavy atom. The Labute approximate surface area is 199 Å². The molecule has 0 fully saturated rings. The Morgan fingerprint density at radius 1 is 1.00 bits per heavy atom. The number of nitrogens with one attached hydrogen (secondary N) is 1. The van der Waals surface area contributed by atoms with Crippen LogP contribution < -0.4 is 10.1 Å². The zero-order valence-electron chi connectivity index (χ0n) is 19.9. The van der Waals surface area contributed by atoms with Crippen LogP contribution in [-0.2, 0) is 21.4 Å². The van der Waals surface area contributed by atoms with E-state index < -0.39 is 5.97 Å². The van der Waals surface area contributed by atoms with Gasteiger partial charge < -0.3 is 14.8 Å². The van der Waals surface area contributed by atoms with E-state index in [-0.39, 0.29) is 24.5 Å². The van der Waals surface area contributed by atoms with Gasteiger partial charge in [0.25, 0.3) is 5.91 Å². The summed E-state index contributed by atoms with van der Waals surface area (Å²) >= 11 is 1.30. The number of esters is 1. The Morgan fingerprint density at radius 2 is 1.70 bits per heavy atom. The van der Waals surface area contributed by atoms with Crippen LogP contribution in [-0.4, -0.2) is 25.1 Å². The number of benzene rings is 2. The van der Waals surface area contributed by atoms with Crippen molar-refractivity contribution >= 4 is 28.2 Å². The monoisotopic (exact) mass is 465 g/mol. The highest BCUT2D eigenvalue weighted by Crippen LogP contribution is 2.36. The summed E-state index contributed by atoms with van der Waals surface area (Å²) in [6.45, 7) is 10.2. The normalized spacial score (nSPS) is 11.2. The summed E-state index contributed by atoms with van der Waals surface area (Å²) < 4.78 is 11.1. The van der Waals surface area contributed by atoms with E-state index in [1.165, 1.54) is 16.9 Å². The maximum atomic E-state index is 12.8. The minimum absolute atomic E-state index is 0.111. The second kappa shape index (κ2) is 10.7. The average Bonchev–Trinajstić information content (AvgIpc) is 3.21. The first kappa shape index (κ1) is 24.5. The van der Waals surface area contributed by atoms with Crippen LogP contribution in [0.15, 0.2) is 53.9 Å². The molecule has 0 saturated carbocycles. The molecular weight excluding hydrogens is 434 g/mol. The summed E-state index contributed by atoms with van der Waals surface area (Å²) in [7, 11) is 0. The maximum absolute atomic E-state index is 12.8.